The fraction of sp³-hybridized carbons (Fsp3) is 0.800. The molecule has 2 aliphatic rings. The van der Waals surface area contributed by atoms with E-state index in [4.69, 9.17) is 5.11 Å². The average Bonchev–Trinajstić information content (AvgIpc) is 2.42. The van der Waals surface area contributed by atoms with Crippen molar-refractivity contribution in [2.75, 3.05) is 6.61 Å². The second kappa shape index (κ2) is 6.13. The SMILES string of the molecule is C=C1CCC2C(C)(C)CCCC2(C)C1(O)CCC(C)=CCO. The van der Waals surface area contributed by atoms with Crippen molar-refractivity contribution < 1.29 is 10.2 Å². The Balaban J connectivity index is 2.30. The molecule has 0 aliphatic heterocycles. The molecule has 0 amide bonds. The van der Waals surface area contributed by atoms with E-state index in [2.05, 4.69) is 27.4 Å². The third kappa shape index (κ3) is 2.80. The molecule has 0 radical (unpaired) electrons. The number of rotatable bonds is 4. The number of hydrogen-bond acceptors (Lipinski definition) is 2. The quantitative estimate of drug-likeness (QED) is 0.744. The van der Waals surface area contributed by atoms with E-state index in [0.29, 0.717) is 11.3 Å². The molecule has 0 spiro atoms. The zero-order chi connectivity index (χ0) is 16.6. The van der Waals surface area contributed by atoms with Crippen LogP contribution in [0.3, 0.4) is 0 Å². The third-order valence-electron chi connectivity index (χ3n) is 6.82. The van der Waals surface area contributed by atoms with Crippen LogP contribution in [0.5, 0.6) is 0 Å². The van der Waals surface area contributed by atoms with E-state index in [1.807, 2.05) is 13.0 Å². The summed E-state index contributed by atoms with van der Waals surface area (Å²) < 4.78 is 0. The summed E-state index contributed by atoms with van der Waals surface area (Å²) in [5.41, 5.74) is 1.66. The molecule has 0 aromatic heterocycles. The molecule has 2 rings (SSSR count). The smallest absolute Gasteiger partial charge is 0.0913 e. The summed E-state index contributed by atoms with van der Waals surface area (Å²) >= 11 is 0. The normalized spacial score (nSPS) is 38.7. The minimum Gasteiger partial charge on any atom is -0.392 e. The zero-order valence-electron chi connectivity index (χ0n) is 14.9. The zero-order valence-corrected chi connectivity index (χ0v) is 14.9. The minimum atomic E-state index is -0.766. The maximum atomic E-state index is 11.7. The monoisotopic (exact) mass is 306 g/mol. The van der Waals surface area contributed by atoms with Gasteiger partial charge in [0.2, 0.25) is 0 Å². The van der Waals surface area contributed by atoms with E-state index in [9.17, 15) is 5.11 Å². The first-order valence-electron chi connectivity index (χ1n) is 8.84. The number of allylic oxidation sites excluding steroid dienone is 1. The second-order valence-corrected chi connectivity index (χ2v) is 8.55. The molecule has 3 atom stereocenters. The lowest BCUT2D eigenvalue weighted by Gasteiger charge is -2.61. The maximum Gasteiger partial charge on any atom is 0.0913 e. The molecule has 0 saturated heterocycles. The number of aliphatic hydroxyl groups excluding tert-OH is 1. The van der Waals surface area contributed by atoms with Crippen molar-refractivity contribution in [3.05, 3.63) is 23.8 Å². The highest BCUT2D eigenvalue weighted by molar-refractivity contribution is 5.26. The summed E-state index contributed by atoms with van der Waals surface area (Å²) in [6.07, 6.45) is 9.08. The fourth-order valence-corrected chi connectivity index (χ4v) is 5.35. The lowest BCUT2D eigenvalue weighted by molar-refractivity contribution is -0.157. The lowest BCUT2D eigenvalue weighted by atomic mass is 9.45. The first-order chi connectivity index (χ1) is 10.2. The highest BCUT2D eigenvalue weighted by atomic mass is 16.3. The van der Waals surface area contributed by atoms with Crippen LogP contribution >= 0.6 is 0 Å². The molecule has 0 bridgehead atoms. The van der Waals surface area contributed by atoms with Crippen molar-refractivity contribution in [3.63, 3.8) is 0 Å². The lowest BCUT2D eigenvalue weighted by Crippen LogP contribution is -2.59. The second-order valence-electron chi connectivity index (χ2n) is 8.55. The average molecular weight is 306 g/mol. The van der Waals surface area contributed by atoms with Gasteiger partial charge in [-0.15, -0.1) is 0 Å². The molecule has 3 unspecified atom stereocenters. The summed E-state index contributed by atoms with van der Waals surface area (Å²) in [4.78, 5) is 0. The van der Waals surface area contributed by atoms with E-state index in [-0.39, 0.29) is 12.0 Å². The minimum absolute atomic E-state index is 0.0659. The Kier molecular flexibility index (Phi) is 4.94. The predicted octanol–water partition coefficient (Wildman–Crippen LogP) is 4.62. The third-order valence-corrected chi connectivity index (χ3v) is 6.82. The summed E-state index contributed by atoms with van der Waals surface area (Å²) in [6, 6.07) is 0. The van der Waals surface area contributed by atoms with E-state index < -0.39 is 5.60 Å². The molecule has 0 aromatic carbocycles. The molecule has 2 nitrogen and oxygen atoms in total. The number of hydrogen-bond donors (Lipinski definition) is 2. The molecular formula is C20H34O2. The van der Waals surface area contributed by atoms with Gasteiger partial charge < -0.3 is 10.2 Å². The first kappa shape index (κ1) is 17.7. The van der Waals surface area contributed by atoms with Crippen LogP contribution in [0, 0.1) is 16.7 Å². The molecule has 0 heterocycles. The summed E-state index contributed by atoms with van der Waals surface area (Å²) in [7, 11) is 0. The molecular weight excluding hydrogens is 272 g/mol. The standard InChI is InChI=1S/C20H34O2/c1-15(10-14-21)9-13-20(22)16(2)7-8-17-18(3,4)11-6-12-19(17,20)5/h10,17,21-22H,2,6-9,11-14H2,1,3-5H3. The Labute approximate surface area is 136 Å². The van der Waals surface area contributed by atoms with Crippen molar-refractivity contribution in [2.45, 2.75) is 78.2 Å². The van der Waals surface area contributed by atoms with Crippen LogP contribution in [0.25, 0.3) is 0 Å². The Morgan fingerprint density at radius 3 is 2.64 bits per heavy atom. The fourth-order valence-electron chi connectivity index (χ4n) is 5.35. The van der Waals surface area contributed by atoms with Crippen molar-refractivity contribution in [2.24, 2.45) is 16.7 Å². The Morgan fingerprint density at radius 1 is 1.32 bits per heavy atom. The number of aliphatic hydroxyl groups is 2. The highest BCUT2D eigenvalue weighted by Gasteiger charge is 2.59. The molecule has 22 heavy (non-hydrogen) atoms. The van der Waals surface area contributed by atoms with E-state index in [0.717, 1.165) is 43.3 Å². The van der Waals surface area contributed by atoms with Gasteiger partial charge in [0.25, 0.3) is 0 Å². The number of fused-ring (bicyclic) bond motifs is 1. The van der Waals surface area contributed by atoms with Gasteiger partial charge in [0, 0.05) is 5.41 Å². The molecule has 2 fully saturated rings. The van der Waals surface area contributed by atoms with Gasteiger partial charge >= 0.3 is 0 Å². The van der Waals surface area contributed by atoms with E-state index in [1.54, 1.807) is 0 Å². The van der Waals surface area contributed by atoms with Crippen LogP contribution in [0.1, 0.15) is 72.6 Å². The van der Waals surface area contributed by atoms with Gasteiger partial charge in [-0.3, -0.25) is 0 Å². The first-order valence-corrected chi connectivity index (χ1v) is 8.84. The molecule has 126 valence electrons. The van der Waals surface area contributed by atoms with Crippen molar-refractivity contribution >= 4 is 0 Å². The van der Waals surface area contributed by atoms with Crippen molar-refractivity contribution in [1.29, 1.82) is 0 Å². The van der Waals surface area contributed by atoms with Gasteiger partial charge in [0.05, 0.1) is 12.2 Å². The van der Waals surface area contributed by atoms with Crippen LogP contribution in [0.15, 0.2) is 23.8 Å². The molecule has 2 heteroatoms. The van der Waals surface area contributed by atoms with Crippen molar-refractivity contribution in [3.8, 4) is 0 Å². The van der Waals surface area contributed by atoms with Gasteiger partial charge in [0.15, 0.2) is 0 Å². The van der Waals surface area contributed by atoms with Crippen LogP contribution in [-0.2, 0) is 0 Å². The van der Waals surface area contributed by atoms with Gasteiger partial charge in [-0.1, -0.05) is 45.4 Å². The molecule has 2 N–H and O–H groups in total. The van der Waals surface area contributed by atoms with Gasteiger partial charge in [-0.2, -0.15) is 0 Å². The van der Waals surface area contributed by atoms with Gasteiger partial charge in [-0.25, -0.2) is 0 Å². The maximum absolute atomic E-state index is 11.7. The van der Waals surface area contributed by atoms with Crippen LogP contribution in [-0.4, -0.2) is 22.4 Å². The summed E-state index contributed by atoms with van der Waals surface area (Å²) in [6.45, 7) is 13.4. The molecule has 2 aliphatic carbocycles. The Bertz CT molecular complexity index is 462. The van der Waals surface area contributed by atoms with E-state index in [1.165, 1.54) is 12.8 Å². The van der Waals surface area contributed by atoms with Crippen LogP contribution < -0.4 is 0 Å². The van der Waals surface area contributed by atoms with Crippen LogP contribution in [0.2, 0.25) is 0 Å². The summed E-state index contributed by atoms with van der Waals surface area (Å²) in [5, 5.41) is 20.7. The molecule has 2 saturated carbocycles. The van der Waals surface area contributed by atoms with Crippen LogP contribution in [0.4, 0.5) is 0 Å². The topological polar surface area (TPSA) is 40.5 Å². The Hall–Kier alpha value is -0.600. The summed E-state index contributed by atoms with van der Waals surface area (Å²) in [5.74, 6) is 0.561. The Morgan fingerprint density at radius 2 is 2.00 bits per heavy atom. The largest absolute Gasteiger partial charge is 0.392 e. The van der Waals surface area contributed by atoms with E-state index >= 15 is 0 Å². The van der Waals surface area contributed by atoms with Gasteiger partial charge in [0.1, 0.15) is 0 Å². The predicted molar refractivity (Wildman–Crippen MR) is 92.6 cm³/mol. The van der Waals surface area contributed by atoms with Gasteiger partial charge in [-0.05, 0) is 62.4 Å². The van der Waals surface area contributed by atoms with Crippen molar-refractivity contribution in [1.82, 2.24) is 0 Å². The highest BCUT2D eigenvalue weighted by Crippen LogP contribution is 2.63. The molecule has 0 aromatic rings.